The molecule has 190 valence electrons. The van der Waals surface area contributed by atoms with E-state index in [0.717, 1.165) is 19.0 Å². The van der Waals surface area contributed by atoms with E-state index in [2.05, 4.69) is 47.0 Å². The second kappa shape index (κ2) is 18.0. The molecule has 0 aliphatic rings. The van der Waals surface area contributed by atoms with Gasteiger partial charge in [-0.25, -0.2) is 13.4 Å². The molecule has 1 heterocycles. The number of hydrogen-bond acceptors (Lipinski definition) is 5. The van der Waals surface area contributed by atoms with Crippen LogP contribution in [0.4, 0.5) is 0 Å². The second-order valence-electron chi connectivity index (χ2n) is 8.85. The molecule has 2 aromatic rings. The van der Waals surface area contributed by atoms with Crippen LogP contribution in [0.2, 0.25) is 0 Å². The largest absolute Gasteiger partial charge is 0.726 e. The highest BCUT2D eigenvalue weighted by atomic mass is 32.3. The Kier molecular flexibility index (Phi) is 16.1. The van der Waals surface area contributed by atoms with E-state index in [0.29, 0.717) is 0 Å². The minimum atomic E-state index is -4.41. The van der Waals surface area contributed by atoms with Crippen LogP contribution in [-0.2, 0) is 28.1 Å². The number of unbranched alkanes of at least 4 members (excludes halogenated alkanes) is 14. The number of benzene rings is 1. The Balaban J connectivity index is 0.000000801. The van der Waals surface area contributed by atoms with Gasteiger partial charge in [-0.05, 0) is 18.6 Å². The number of nitrogens with zero attached hydrogens (tertiary/aromatic N) is 2. The summed E-state index contributed by atoms with van der Waals surface area (Å²) in [5, 5.41) is 0. The summed E-state index contributed by atoms with van der Waals surface area (Å²) in [5.74, 6) is 1.24. The first kappa shape index (κ1) is 29.6. The summed E-state index contributed by atoms with van der Waals surface area (Å²) >= 11 is 0. The summed E-state index contributed by atoms with van der Waals surface area (Å²) in [6, 6.07) is 8.46. The molecule has 0 aliphatic carbocycles. The highest BCUT2D eigenvalue weighted by Gasteiger charge is 2.06. The molecule has 6 nitrogen and oxygen atoms in total. The lowest BCUT2D eigenvalue weighted by Crippen LogP contribution is -1.97. The van der Waals surface area contributed by atoms with E-state index in [1.165, 1.54) is 108 Å². The molecule has 0 saturated carbocycles. The van der Waals surface area contributed by atoms with E-state index in [4.69, 9.17) is 4.98 Å². The minimum absolute atomic E-state index is 0.808. The van der Waals surface area contributed by atoms with E-state index >= 15 is 0 Å². The van der Waals surface area contributed by atoms with Gasteiger partial charge in [-0.3, -0.25) is 4.18 Å². The molecule has 0 radical (unpaired) electrons. The zero-order valence-electron chi connectivity index (χ0n) is 21.1. The molecule has 0 N–H and O–H groups in total. The van der Waals surface area contributed by atoms with E-state index in [-0.39, 0.29) is 0 Å². The maximum atomic E-state index is 9.22. The average molecular weight is 482 g/mol. The lowest BCUT2D eigenvalue weighted by Gasteiger charge is -2.04. The number of rotatable bonds is 17. The summed E-state index contributed by atoms with van der Waals surface area (Å²) in [5.41, 5.74) is 2.39. The fraction of sp³-hybridized carbons (Fsp3) is 0.731. The molecular weight excluding hydrogens is 436 g/mol. The normalized spacial score (nSPS) is 11.5. The van der Waals surface area contributed by atoms with Gasteiger partial charge in [-0.15, -0.1) is 0 Å². The molecule has 7 heteroatoms. The third kappa shape index (κ3) is 14.4. The van der Waals surface area contributed by atoms with Crippen molar-refractivity contribution < 1.29 is 17.2 Å². The molecule has 0 spiro atoms. The molecule has 1 aromatic carbocycles. The molecule has 33 heavy (non-hydrogen) atoms. The highest BCUT2D eigenvalue weighted by molar-refractivity contribution is 7.80. The van der Waals surface area contributed by atoms with Gasteiger partial charge in [0.1, 0.15) is 5.82 Å². The van der Waals surface area contributed by atoms with Crippen LogP contribution < -0.4 is 0 Å². The van der Waals surface area contributed by atoms with Crippen molar-refractivity contribution in [1.82, 2.24) is 9.55 Å². The zero-order valence-corrected chi connectivity index (χ0v) is 21.9. The van der Waals surface area contributed by atoms with Crippen LogP contribution in [0.5, 0.6) is 0 Å². The Morgan fingerprint density at radius 1 is 0.818 bits per heavy atom. The minimum Gasteiger partial charge on any atom is -0.726 e. The number of hydrogen-bond donors (Lipinski definition) is 0. The summed E-state index contributed by atoms with van der Waals surface area (Å²) in [4.78, 5) is 4.78. The van der Waals surface area contributed by atoms with Crippen LogP contribution in [0.3, 0.4) is 0 Å². The molecule has 0 atom stereocenters. The van der Waals surface area contributed by atoms with Crippen molar-refractivity contribution in [3.05, 3.63) is 30.1 Å². The van der Waals surface area contributed by atoms with Crippen molar-refractivity contribution in [1.29, 1.82) is 0 Å². The molecular formula is C26H45N2O4S-. The third-order valence-corrected chi connectivity index (χ3v) is 6.50. The summed E-state index contributed by atoms with van der Waals surface area (Å²) in [6.07, 6.45) is 22.4. The van der Waals surface area contributed by atoms with Gasteiger partial charge in [-0.1, -0.05) is 109 Å². The van der Waals surface area contributed by atoms with E-state index in [9.17, 15) is 13.0 Å². The first-order chi connectivity index (χ1) is 15.9. The summed E-state index contributed by atoms with van der Waals surface area (Å²) in [6.45, 7) is 2.29. The van der Waals surface area contributed by atoms with Gasteiger partial charge in [0.2, 0.25) is 10.4 Å². The van der Waals surface area contributed by atoms with Crippen LogP contribution in [0.25, 0.3) is 11.0 Å². The van der Waals surface area contributed by atoms with Crippen LogP contribution >= 0.6 is 0 Å². The number of fused-ring (bicyclic) bond motifs is 1. The number of para-hydroxylation sites is 2. The Bertz CT molecular complexity index is 849. The predicted octanol–water partition coefficient (Wildman–Crippen LogP) is 7.08. The van der Waals surface area contributed by atoms with Crippen LogP contribution in [0.15, 0.2) is 24.3 Å². The van der Waals surface area contributed by atoms with Crippen molar-refractivity contribution in [3.63, 3.8) is 0 Å². The maximum absolute atomic E-state index is 9.22. The third-order valence-electron chi connectivity index (χ3n) is 6.09. The molecule has 0 saturated heterocycles. The topological polar surface area (TPSA) is 84.2 Å². The Hall–Kier alpha value is -1.44. The Morgan fingerprint density at radius 2 is 1.24 bits per heavy atom. The van der Waals surface area contributed by atoms with Crippen molar-refractivity contribution in [2.45, 2.75) is 110 Å². The first-order valence-corrected chi connectivity index (χ1v) is 14.1. The van der Waals surface area contributed by atoms with Gasteiger partial charge >= 0.3 is 0 Å². The maximum Gasteiger partial charge on any atom is 0.217 e. The highest BCUT2D eigenvalue weighted by Crippen LogP contribution is 2.17. The smallest absolute Gasteiger partial charge is 0.217 e. The Labute approximate surface area is 202 Å². The summed E-state index contributed by atoms with van der Waals surface area (Å²) in [7, 11) is -1.46. The lowest BCUT2D eigenvalue weighted by molar-refractivity contribution is 0.314. The molecule has 0 aliphatic heterocycles. The van der Waals surface area contributed by atoms with Gasteiger partial charge in [0.25, 0.3) is 0 Å². The lowest BCUT2D eigenvalue weighted by atomic mass is 10.0. The number of aryl methyl sites for hydroxylation is 2. The van der Waals surface area contributed by atoms with Crippen molar-refractivity contribution in [3.8, 4) is 0 Å². The molecule has 0 amide bonds. The van der Waals surface area contributed by atoms with Gasteiger partial charge in [-0.2, -0.15) is 0 Å². The van der Waals surface area contributed by atoms with E-state index in [1.54, 1.807) is 0 Å². The zero-order chi connectivity index (χ0) is 24.4. The molecule has 0 unspecified atom stereocenters. The van der Waals surface area contributed by atoms with Crippen LogP contribution in [0.1, 0.15) is 109 Å². The van der Waals surface area contributed by atoms with Gasteiger partial charge in [0.15, 0.2) is 0 Å². The summed E-state index contributed by atoms with van der Waals surface area (Å²) < 4.78 is 33.3. The van der Waals surface area contributed by atoms with Gasteiger partial charge in [0.05, 0.1) is 18.1 Å². The van der Waals surface area contributed by atoms with Gasteiger partial charge in [0, 0.05) is 13.5 Å². The Morgan fingerprint density at radius 3 is 1.67 bits per heavy atom. The first-order valence-electron chi connectivity index (χ1n) is 12.8. The molecule has 0 bridgehead atoms. The van der Waals surface area contributed by atoms with Crippen molar-refractivity contribution in [2.24, 2.45) is 7.05 Å². The second-order valence-corrected chi connectivity index (χ2v) is 10.0. The fourth-order valence-corrected chi connectivity index (χ4v) is 4.07. The van der Waals surface area contributed by atoms with Crippen molar-refractivity contribution in [2.75, 3.05) is 7.11 Å². The van der Waals surface area contributed by atoms with Crippen LogP contribution in [0, 0.1) is 0 Å². The van der Waals surface area contributed by atoms with Gasteiger partial charge < -0.3 is 9.12 Å². The number of imidazole rings is 1. The van der Waals surface area contributed by atoms with Crippen molar-refractivity contribution >= 4 is 21.4 Å². The predicted molar refractivity (Wildman–Crippen MR) is 136 cm³/mol. The number of aromatic nitrogens is 2. The SMILES string of the molecule is CCCCCCCCCCCCCCCCCc1nc2ccccc2n1C.COS(=O)(=O)[O-]. The van der Waals surface area contributed by atoms with E-state index < -0.39 is 10.4 Å². The fourth-order valence-electron chi connectivity index (χ4n) is 4.07. The molecule has 1 aromatic heterocycles. The molecule has 0 fully saturated rings. The quantitative estimate of drug-likeness (QED) is 0.137. The standard InChI is InChI=1S/C25H42N2.CH4O4S/c1-3-4-5-6-7-8-9-10-11-12-13-14-15-16-17-22-25-26-23-20-18-19-21-24(23)27(25)2;1-5-6(2,3)4/h18-21H,3-17,22H2,1-2H3;1H3,(H,2,3,4)/p-1. The average Bonchev–Trinajstić information content (AvgIpc) is 3.12. The monoisotopic (exact) mass is 481 g/mol. The van der Waals surface area contributed by atoms with Crippen LogP contribution in [-0.4, -0.2) is 29.6 Å². The molecule has 2 rings (SSSR count). The van der Waals surface area contributed by atoms with E-state index in [1.807, 2.05) is 0 Å².